The summed E-state index contributed by atoms with van der Waals surface area (Å²) >= 11 is 0. The lowest BCUT2D eigenvalue weighted by molar-refractivity contribution is 0.0698. The molecule has 0 fully saturated rings. The maximum absolute atomic E-state index is 12.2. The van der Waals surface area contributed by atoms with Crippen molar-refractivity contribution in [2.45, 2.75) is 24.7 Å². The third-order valence-corrected chi connectivity index (χ3v) is 5.21. The van der Waals surface area contributed by atoms with Crippen LogP contribution in [0.15, 0.2) is 29.2 Å². The van der Waals surface area contributed by atoms with E-state index in [1.165, 1.54) is 32.3 Å². The molecule has 0 aliphatic carbocycles. The van der Waals surface area contributed by atoms with Gasteiger partial charge in [-0.15, -0.1) is 0 Å². The van der Waals surface area contributed by atoms with E-state index >= 15 is 0 Å². The van der Waals surface area contributed by atoms with Crippen LogP contribution in [0.5, 0.6) is 0 Å². The van der Waals surface area contributed by atoms with Gasteiger partial charge < -0.3 is 5.11 Å². The maximum atomic E-state index is 12.2. The first-order valence-electron chi connectivity index (χ1n) is 6.75. The van der Waals surface area contributed by atoms with Crippen molar-refractivity contribution in [3.8, 4) is 0 Å². The molecule has 0 aliphatic heterocycles. The smallest absolute Gasteiger partial charge is 0.336 e. The van der Waals surface area contributed by atoms with Crippen LogP contribution in [0.25, 0.3) is 10.9 Å². The van der Waals surface area contributed by atoms with Crippen LogP contribution >= 0.6 is 0 Å². The van der Waals surface area contributed by atoms with Crippen LogP contribution in [0.4, 0.5) is 0 Å². The minimum absolute atomic E-state index is 0.0478. The Morgan fingerprint density at radius 2 is 1.86 bits per heavy atom. The van der Waals surface area contributed by atoms with Crippen molar-refractivity contribution in [3.63, 3.8) is 0 Å². The van der Waals surface area contributed by atoms with Gasteiger partial charge in [0.1, 0.15) is 0 Å². The summed E-state index contributed by atoms with van der Waals surface area (Å²) in [5.74, 6) is -1.03. The molecule has 7 heteroatoms. The van der Waals surface area contributed by atoms with Crippen LogP contribution in [0.2, 0.25) is 0 Å². The van der Waals surface area contributed by atoms with Crippen LogP contribution < -0.4 is 0 Å². The summed E-state index contributed by atoms with van der Waals surface area (Å²) in [6.45, 7) is 3.84. The zero-order chi connectivity index (χ0) is 16.7. The van der Waals surface area contributed by atoms with Gasteiger partial charge in [0.05, 0.1) is 16.0 Å². The van der Waals surface area contributed by atoms with Crippen LogP contribution in [-0.4, -0.2) is 42.9 Å². The van der Waals surface area contributed by atoms with Gasteiger partial charge in [0, 0.05) is 25.2 Å². The molecule has 0 unspecified atom stereocenters. The SMILES string of the molecule is CC(C)c1cc(C(=O)O)c2cc(S(=O)(=O)N(C)C)ccc2n1. The normalized spacial score (nSPS) is 12.3. The quantitative estimate of drug-likeness (QED) is 0.933. The Hall–Kier alpha value is -1.99. The van der Waals surface area contributed by atoms with Crippen molar-refractivity contribution in [2.24, 2.45) is 0 Å². The lowest BCUT2D eigenvalue weighted by Gasteiger charge is -2.13. The van der Waals surface area contributed by atoms with Crippen molar-refractivity contribution in [3.05, 3.63) is 35.5 Å². The molecular weight excluding hydrogens is 304 g/mol. The molecule has 1 aromatic heterocycles. The highest BCUT2D eigenvalue weighted by atomic mass is 32.2. The number of nitrogens with zero attached hydrogens (tertiary/aromatic N) is 2. The molecule has 22 heavy (non-hydrogen) atoms. The maximum Gasteiger partial charge on any atom is 0.336 e. The number of rotatable bonds is 4. The van der Waals surface area contributed by atoms with Gasteiger partial charge in [0.25, 0.3) is 0 Å². The zero-order valence-corrected chi connectivity index (χ0v) is 13.7. The molecule has 0 atom stereocenters. The Kier molecular flexibility index (Phi) is 4.21. The number of pyridine rings is 1. The summed E-state index contributed by atoms with van der Waals surface area (Å²) in [5.41, 5.74) is 1.19. The van der Waals surface area contributed by atoms with E-state index in [-0.39, 0.29) is 16.4 Å². The number of carbonyl (C=O) groups is 1. The van der Waals surface area contributed by atoms with E-state index in [1.807, 2.05) is 13.8 Å². The lowest BCUT2D eigenvalue weighted by atomic mass is 10.0. The number of aromatic nitrogens is 1. The first-order chi connectivity index (χ1) is 10.1. The third kappa shape index (κ3) is 2.82. The van der Waals surface area contributed by atoms with Crippen LogP contribution in [-0.2, 0) is 10.0 Å². The fourth-order valence-corrected chi connectivity index (χ4v) is 3.00. The van der Waals surface area contributed by atoms with Crippen LogP contribution in [0, 0.1) is 0 Å². The fourth-order valence-electron chi connectivity index (χ4n) is 2.07. The second kappa shape index (κ2) is 5.66. The predicted octanol–water partition coefficient (Wildman–Crippen LogP) is 2.31. The van der Waals surface area contributed by atoms with E-state index in [4.69, 9.17) is 0 Å². The van der Waals surface area contributed by atoms with E-state index in [0.717, 1.165) is 4.31 Å². The number of fused-ring (bicyclic) bond motifs is 1. The molecule has 0 aliphatic rings. The molecule has 0 amide bonds. The molecule has 0 saturated carbocycles. The van der Waals surface area contributed by atoms with Crippen molar-refractivity contribution in [2.75, 3.05) is 14.1 Å². The highest BCUT2D eigenvalue weighted by Gasteiger charge is 2.20. The van der Waals surface area contributed by atoms with Crippen molar-refractivity contribution in [1.82, 2.24) is 9.29 Å². The van der Waals surface area contributed by atoms with Gasteiger partial charge in [-0.3, -0.25) is 4.98 Å². The minimum Gasteiger partial charge on any atom is -0.478 e. The zero-order valence-electron chi connectivity index (χ0n) is 12.9. The number of hydrogen-bond acceptors (Lipinski definition) is 4. The summed E-state index contributed by atoms with van der Waals surface area (Å²) in [6.07, 6.45) is 0. The monoisotopic (exact) mass is 322 g/mol. The van der Waals surface area contributed by atoms with Crippen LogP contribution in [0.1, 0.15) is 35.8 Å². The summed E-state index contributed by atoms with van der Waals surface area (Å²) in [6, 6.07) is 5.86. The largest absolute Gasteiger partial charge is 0.478 e. The number of hydrogen-bond donors (Lipinski definition) is 1. The summed E-state index contributed by atoms with van der Waals surface area (Å²) in [7, 11) is -0.768. The Bertz CT molecular complexity index is 842. The average molecular weight is 322 g/mol. The number of sulfonamides is 1. The Morgan fingerprint density at radius 1 is 1.23 bits per heavy atom. The molecule has 0 saturated heterocycles. The van der Waals surface area contributed by atoms with Crippen molar-refractivity contribution >= 4 is 26.9 Å². The van der Waals surface area contributed by atoms with Gasteiger partial charge in [-0.1, -0.05) is 13.8 Å². The second-order valence-corrected chi connectivity index (χ2v) is 7.67. The number of aromatic carboxylic acids is 1. The number of benzene rings is 1. The molecule has 0 radical (unpaired) electrons. The molecule has 118 valence electrons. The predicted molar refractivity (Wildman–Crippen MR) is 83.7 cm³/mol. The Labute approximate surface area is 129 Å². The van der Waals surface area contributed by atoms with Gasteiger partial charge in [0.2, 0.25) is 10.0 Å². The van der Waals surface area contributed by atoms with E-state index in [1.54, 1.807) is 6.07 Å². The van der Waals surface area contributed by atoms with E-state index in [2.05, 4.69) is 4.98 Å². The standard InChI is InChI=1S/C15H18N2O4S/c1-9(2)14-8-12(15(18)19)11-7-10(5-6-13(11)16-14)22(20,21)17(3)4/h5-9H,1-4H3,(H,18,19). The van der Waals surface area contributed by atoms with Gasteiger partial charge in [0.15, 0.2) is 0 Å². The minimum atomic E-state index is -3.62. The molecular formula is C15H18N2O4S. The van der Waals surface area contributed by atoms with Crippen LogP contribution in [0.3, 0.4) is 0 Å². The Balaban J connectivity index is 2.80. The molecule has 0 bridgehead atoms. The molecule has 6 nitrogen and oxygen atoms in total. The van der Waals surface area contributed by atoms with Gasteiger partial charge >= 0.3 is 5.97 Å². The molecule has 1 N–H and O–H groups in total. The van der Waals surface area contributed by atoms with E-state index < -0.39 is 16.0 Å². The van der Waals surface area contributed by atoms with E-state index in [0.29, 0.717) is 16.6 Å². The second-order valence-electron chi connectivity index (χ2n) is 5.52. The number of carboxylic acid groups (broad SMARTS) is 1. The molecule has 1 aromatic carbocycles. The number of carboxylic acids is 1. The molecule has 2 rings (SSSR count). The highest BCUT2D eigenvalue weighted by Crippen LogP contribution is 2.26. The van der Waals surface area contributed by atoms with Crippen molar-refractivity contribution < 1.29 is 18.3 Å². The summed E-state index contributed by atoms with van der Waals surface area (Å²) < 4.78 is 25.5. The van der Waals surface area contributed by atoms with Gasteiger partial charge in [-0.2, -0.15) is 0 Å². The van der Waals surface area contributed by atoms with Crippen molar-refractivity contribution in [1.29, 1.82) is 0 Å². The summed E-state index contributed by atoms with van der Waals surface area (Å²) in [4.78, 5) is 16.0. The van der Waals surface area contributed by atoms with E-state index in [9.17, 15) is 18.3 Å². The highest BCUT2D eigenvalue weighted by molar-refractivity contribution is 7.89. The fraction of sp³-hybridized carbons (Fsp3) is 0.333. The lowest BCUT2D eigenvalue weighted by Crippen LogP contribution is -2.22. The topological polar surface area (TPSA) is 87.6 Å². The van der Waals surface area contributed by atoms with Gasteiger partial charge in [-0.05, 0) is 30.2 Å². The summed E-state index contributed by atoms with van der Waals surface area (Å²) in [5, 5.41) is 9.72. The Morgan fingerprint density at radius 3 is 2.36 bits per heavy atom. The molecule has 0 spiro atoms. The average Bonchev–Trinajstić information content (AvgIpc) is 2.44. The van der Waals surface area contributed by atoms with Gasteiger partial charge in [-0.25, -0.2) is 17.5 Å². The first-order valence-corrected chi connectivity index (χ1v) is 8.19. The molecule has 1 heterocycles. The molecule has 2 aromatic rings. The third-order valence-electron chi connectivity index (χ3n) is 3.40. The first kappa shape index (κ1) is 16.4.